The van der Waals surface area contributed by atoms with Gasteiger partial charge in [-0.3, -0.25) is 10.1 Å². The molecule has 0 aliphatic carbocycles. The van der Waals surface area contributed by atoms with Crippen molar-refractivity contribution in [3.05, 3.63) is 34.4 Å². The van der Waals surface area contributed by atoms with E-state index in [-0.39, 0.29) is 5.91 Å². The standard InChI is InChI=1S/C11H12N2O/c1-7-4-8(2)10(9(3)5-7)11(14)13-6-12/h4-5H,1-3H3,(H,13,14). The number of nitrogens with zero attached hydrogens (tertiary/aromatic N) is 1. The summed E-state index contributed by atoms with van der Waals surface area (Å²) in [6.45, 7) is 5.71. The van der Waals surface area contributed by atoms with Crippen molar-refractivity contribution in [2.75, 3.05) is 0 Å². The van der Waals surface area contributed by atoms with E-state index < -0.39 is 0 Å². The molecule has 0 saturated heterocycles. The highest BCUT2D eigenvalue weighted by Gasteiger charge is 2.11. The Labute approximate surface area is 83.4 Å². The van der Waals surface area contributed by atoms with E-state index in [1.165, 1.54) is 0 Å². The molecule has 1 rings (SSSR count). The molecule has 72 valence electrons. The Bertz CT molecular complexity index is 393. The molecule has 0 aliphatic rings. The molecule has 14 heavy (non-hydrogen) atoms. The van der Waals surface area contributed by atoms with Crippen molar-refractivity contribution in [1.82, 2.24) is 5.32 Å². The predicted octanol–water partition coefficient (Wildman–Crippen LogP) is 1.82. The number of benzene rings is 1. The molecule has 0 fully saturated rings. The molecule has 0 bridgehead atoms. The van der Waals surface area contributed by atoms with Gasteiger partial charge in [0.2, 0.25) is 0 Å². The number of nitriles is 1. The zero-order valence-electron chi connectivity index (χ0n) is 8.51. The quantitative estimate of drug-likeness (QED) is 0.540. The number of carbonyl (C=O) groups excluding carboxylic acids is 1. The van der Waals surface area contributed by atoms with Crippen LogP contribution in [0.1, 0.15) is 27.0 Å². The normalized spacial score (nSPS) is 9.29. The number of rotatable bonds is 1. The molecule has 3 nitrogen and oxygen atoms in total. The molecule has 0 aromatic heterocycles. The number of nitrogens with one attached hydrogen (secondary N) is 1. The van der Waals surface area contributed by atoms with Crippen LogP contribution in [0.15, 0.2) is 12.1 Å². The Balaban J connectivity index is 3.22. The maximum atomic E-state index is 11.5. The second-order valence-electron chi connectivity index (χ2n) is 3.34. The fourth-order valence-electron chi connectivity index (χ4n) is 1.65. The lowest BCUT2D eigenvalue weighted by molar-refractivity contribution is 0.0971. The van der Waals surface area contributed by atoms with Crippen molar-refractivity contribution in [2.24, 2.45) is 0 Å². The molecule has 1 aromatic carbocycles. The van der Waals surface area contributed by atoms with E-state index in [1.54, 1.807) is 6.19 Å². The predicted molar refractivity (Wildman–Crippen MR) is 53.7 cm³/mol. The first-order valence-electron chi connectivity index (χ1n) is 4.33. The Morgan fingerprint density at radius 2 is 1.79 bits per heavy atom. The van der Waals surface area contributed by atoms with Gasteiger partial charge in [-0.05, 0) is 31.9 Å². The van der Waals surface area contributed by atoms with Gasteiger partial charge in [0.15, 0.2) is 6.19 Å². The number of hydrogen-bond donors (Lipinski definition) is 1. The van der Waals surface area contributed by atoms with Crippen LogP contribution in [0.2, 0.25) is 0 Å². The summed E-state index contributed by atoms with van der Waals surface area (Å²) in [6.07, 6.45) is 1.64. The highest BCUT2D eigenvalue weighted by atomic mass is 16.1. The van der Waals surface area contributed by atoms with Crippen LogP contribution < -0.4 is 5.32 Å². The summed E-state index contributed by atoms with van der Waals surface area (Å²) >= 11 is 0. The SMILES string of the molecule is Cc1cc(C)c(C(=O)NC#N)c(C)c1. The maximum Gasteiger partial charge on any atom is 0.264 e. The minimum Gasteiger partial charge on any atom is -0.268 e. The summed E-state index contributed by atoms with van der Waals surface area (Å²) in [5.74, 6) is -0.331. The summed E-state index contributed by atoms with van der Waals surface area (Å²) in [6, 6.07) is 3.86. The van der Waals surface area contributed by atoms with Crippen molar-refractivity contribution in [2.45, 2.75) is 20.8 Å². The maximum absolute atomic E-state index is 11.5. The summed E-state index contributed by atoms with van der Waals surface area (Å²) in [7, 11) is 0. The third-order valence-electron chi connectivity index (χ3n) is 2.07. The minimum atomic E-state index is -0.331. The monoisotopic (exact) mass is 188 g/mol. The zero-order valence-corrected chi connectivity index (χ0v) is 8.51. The number of aryl methyl sites for hydroxylation is 3. The van der Waals surface area contributed by atoms with Gasteiger partial charge in [0, 0.05) is 5.56 Å². The average molecular weight is 188 g/mol. The van der Waals surface area contributed by atoms with Gasteiger partial charge in [-0.1, -0.05) is 17.7 Å². The summed E-state index contributed by atoms with van der Waals surface area (Å²) in [4.78, 5) is 11.5. The molecule has 0 spiro atoms. The highest BCUT2D eigenvalue weighted by Crippen LogP contribution is 2.15. The first-order chi connectivity index (χ1) is 6.56. The van der Waals surface area contributed by atoms with Crippen LogP contribution in [0.5, 0.6) is 0 Å². The Morgan fingerprint density at radius 3 is 2.21 bits per heavy atom. The fourth-order valence-corrected chi connectivity index (χ4v) is 1.65. The molecule has 1 amide bonds. The number of amides is 1. The first kappa shape index (κ1) is 10.3. The average Bonchev–Trinajstić information content (AvgIpc) is 2.01. The molecular weight excluding hydrogens is 176 g/mol. The Hall–Kier alpha value is -1.82. The van der Waals surface area contributed by atoms with E-state index in [1.807, 2.05) is 32.9 Å². The van der Waals surface area contributed by atoms with Gasteiger partial charge in [0.25, 0.3) is 5.91 Å². The molecule has 0 saturated carbocycles. The molecule has 1 N–H and O–H groups in total. The molecule has 0 radical (unpaired) electrons. The van der Waals surface area contributed by atoms with Crippen LogP contribution in [-0.2, 0) is 0 Å². The van der Waals surface area contributed by atoms with Crippen LogP contribution in [0.25, 0.3) is 0 Å². The third-order valence-corrected chi connectivity index (χ3v) is 2.07. The highest BCUT2D eigenvalue weighted by molar-refractivity contribution is 5.97. The second-order valence-corrected chi connectivity index (χ2v) is 3.34. The first-order valence-corrected chi connectivity index (χ1v) is 4.33. The van der Waals surface area contributed by atoms with Crippen molar-refractivity contribution in [3.8, 4) is 6.19 Å². The summed E-state index contributed by atoms with van der Waals surface area (Å²) in [5.41, 5.74) is 3.51. The molecule has 0 unspecified atom stereocenters. The van der Waals surface area contributed by atoms with E-state index >= 15 is 0 Å². The molecule has 3 heteroatoms. The van der Waals surface area contributed by atoms with Crippen LogP contribution in [0.4, 0.5) is 0 Å². The smallest absolute Gasteiger partial charge is 0.264 e. The lowest BCUT2D eigenvalue weighted by Crippen LogP contribution is -2.19. The summed E-state index contributed by atoms with van der Waals surface area (Å²) < 4.78 is 0. The molecule has 0 heterocycles. The van der Waals surface area contributed by atoms with Crippen LogP contribution in [0, 0.1) is 32.2 Å². The van der Waals surface area contributed by atoms with Gasteiger partial charge in [0.1, 0.15) is 0 Å². The van der Waals surface area contributed by atoms with E-state index in [0.717, 1.165) is 16.7 Å². The second kappa shape index (κ2) is 3.93. The van der Waals surface area contributed by atoms with Crippen molar-refractivity contribution in [3.63, 3.8) is 0 Å². The molecule has 1 aromatic rings. The molecule has 0 aliphatic heterocycles. The van der Waals surface area contributed by atoms with E-state index in [2.05, 4.69) is 5.32 Å². The largest absolute Gasteiger partial charge is 0.268 e. The van der Waals surface area contributed by atoms with Gasteiger partial charge in [-0.15, -0.1) is 0 Å². The molecule has 0 atom stereocenters. The van der Waals surface area contributed by atoms with Gasteiger partial charge in [-0.25, -0.2) is 0 Å². The van der Waals surface area contributed by atoms with E-state index in [9.17, 15) is 4.79 Å². The van der Waals surface area contributed by atoms with Crippen molar-refractivity contribution < 1.29 is 4.79 Å². The lowest BCUT2D eigenvalue weighted by atomic mass is 9.99. The van der Waals surface area contributed by atoms with Crippen LogP contribution in [-0.4, -0.2) is 5.91 Å². The molecular formula is C11H12N2O. The van der Waals surface area contributed by atoms with Gasteiger partial charge >= 0.3 is 0 Å². The topological polar surface area (TPSA) is 52.9 Å². The summed E-state index contributed by atoms with van der Waals surface area (Å²) in [5, 5.41) is 10.5. The number of carbonyl (C=O) groups is 1. The lowest BCUT2D eigenvalue weighted by Gasteiger charge is -2.08. The van der Waals surface area contributed by atoms with Gasteiger partial charge < -0.3 is 0 Å². The minimum absolute atomic E-state index is 0.331. The Morgan fingerprint density at radius 1 is 1.29 bits per heavy atom. The van der Waals surface area contributed by atoms with Crippen molar-refractivity contribution >= 4 is 5.91 Å². The Kier molecular flexibility index (Phi) is 2.88. The van der Waals surface area contributed by atoms with Crippen LogP contribution in [0.3, 0.4) is 0 Å². The van der Waals surface area contributed by atoms with E-state index in [0.29, 0.717) is 5.56 Å². The van der Waals surface area contributed by atoms with Crippen LogP contribution >= 0.6 is 0 Å². The zero-order chi connectivity index (χ0) is 10.7. The number of hydrogen-bond acceptors (Lipinski definition) is 2. The van der Waals surface area contributed by atoms with E-state index in [4.69, 9.17) is 5.26 Å². The van der Waals surface area contributed by atoms with Crippen molar-refractivity contribution in [1.29, 1.82) is 5.26 Å². The van der Waals surface area contributed by atoms with Gasteiger partial charge in [-0.2, -0.15) is 5.26 Å². The fraction of sp³-hybridized carbons (Fsp3) is 0.273. The van der Waals surface area contributed by atoms with Gasteiger partial charge in [0.05, 0.1) is 0 Å². The third kappa shape index (κ3) is 1.91.